The molecule has 0 radical (unpaired) electrons. The zero-order valence-electron chi connectivity index (χ0n) is 18.1. The first-order valence-corrected chi connectivity index (χ1v) is 10.9. The number of hydrogen-bond donors (Lipinski definition) is 0. The molecule has 5 rings (SSSR count). The Morgan fingerprint density at radius 2 is 1.82 bits per heavy atom. The van der Waals surface area contributed by atoms with E-state index < -0.39 is 17.8 Å². The molecule has 0 atom stereocenters. The van der Waals surface area contributed by atoms with E-state index in [9.17, 15) is 13.2 Å². The lowest BCUT2D eigenvalue weighted by atomic mass is 10.1. The zero-order chi connectivity index (χ0) is 23.2. The summed E-state index contributed by atoms with van der Waals surface area (Å²) in [4.78, 5) is 4.31. The minimum atomic E-state index is -4.58. The molecule has 0 bridgehead atoms. The molecule has 1 aliphatic carbocycles. The molecule has 2 heterocycles. The zero-order valence-corrected chi connectivity index (χ0v) is 18.1. The average molecular weight is 457 g/mol. The van der Waals surface area contributed by atoms with E-state index in [1.807, 2.05) is 22.9 Å². The maximum atomic E-state index is 13.6. The van der Waals surface area contributed by atoms with Crippen LogP contribution in [0.2, 0.25) is 0 Å². The highest BCUT2D eigenvalue weighted by Crippen LogP contribution is 2.39. The van der Waals surface area contributed by atoms with Gasteiger partial charge in [-0.25, -0.2) is 4.68 Å². The normalized spacial score (nSPS) is 15.1. The summed E-state index contributed by atoms with van der Waals surface area (Å²) in [5.74, 6) is 0.0106. The lowest BCUT2D eigenvalue weighted by Gasteiger charge is -2.16. The third-order valence-electron chi connectivity index (χ3n) is 5.72. The highest BCUT2D eigenvalue weighted by Gasteiger charge is 2.35. The first-order chi connectivity index (χ1) is 15.8. The van der Waals surface area contributed by atoms with Gasteiger partial charge >= 0.3 is 6.18 Å². The fourth-order valence-corrected chi connectivity index (χ4v) is 4.20. The van der Waals surface area contributed by atoms with Crippen LogP contribution in [0.25, 0.3) is 33.9 Å². The number of nitrogens with zero attached hydrogens (tertiary/aromatic N) is 5. The SMILES string of the molecule is CC(C)Oc1ccc(-c2nc(-c3ccc4c(c3)nnn4C3CCCC3)no2)cc1C(F)(F)F. The van der Waals surface area contributed by atoms with E-state index in [1.165, 1.54) is 25.0 Å². The summed E-state index contributed by atoms with van der Waals surface area (Å²) < 4.78 is 53.3. The third-order valence-corrected chi connectivity index (χ3v) is 5.72. The van der Waals surface area contributed by atoms with Crippen LogP contribution in [-0.2, 0) is 6.18 Å². The molecule has 2 aromatic carbocycles. The summed E-state index contributed by atoms with van der Waals surface area (Å²) in [7, 11) is 0. The molecule has 10 heteroatoms. The van der Waals surface area contributed by atoms with E-state index >= 15 is 0 Å². The summed E-state index contributed by atoms with van der Waals surface area (Å²) in [6.45, 7) is 3.34. The fourth-order valence-electron chi connectivity index (χ4n) is 4.20. The highest BCUT2D eigenvalue weighted by molar-refractivity contribution is 5.80. The monoisotopic (exact) mass is 457 g/mol. The van der Waals surface area contributed by atoms with Crippen molar-refractivity contribution < 1.29 is 22.4 Å². The van der Waals surface area contributed by atoms with Gasteiger partial charge in [0.15, 0.2) is 0 Å². The number of aromatic nitrogens is 5. The second-order valence-electron chi connectivity index (χ2n) is 8.47. The fraction of sp³-hybridized carbons (Fsp3) is 0.391. The van der Waals surface area contributed by atoms with Crippen molar-refractivity contribution >= 4 is 11.0 Å². The van der Waals surface area contributed by atoms with Gasteiger partial charge in [-0.1, -0.05) is 23.2 Å². The highest BCUT2D eigenvalue weighted by atomic mass is 19.4. The van der Waals surface area contributed by atoms with Crippen LogP contribution >= 0.6 is 0 Å². The number of rotatable bonds is 5. The Morgan fingerprint density at radius 1 is 1.06 bits per heavy atom. The van der Waals surface area contributed by atoms with Gasteiger partial charge in [0, 0.05) is 11.1 Å². The number of halogens is 3. The molecule has 0 N–H and O–H groups in total. The Bertz CT molecular complexity index is 1290. The Hall–Kier alpha value is -3.43. The number of fused-ring (bicyclic) bond motifs is 1. The Kier molecular flexibility index (Phi) is 5.30. The van der Waals surface area contributed by atoms with Crippen LogP contribution in [0.15, 0.2) is 40.9 Å². The first-order valence-electron chi connectivity index (χ1n) is 10.9. The van der Waals surface area contributed by atoms with Crippen LogP contribution in [-0.4, -0.2) is 31.2 Å². The third kappa shape index (κ3) is 4.17. The van der Waals surface area contributed by atoms with Gasteiger partial charge in [-0.05, 0) is 63.1 Å². The van der Waals surface area contributed by atoms with Gasteiger partial charge in [-0.3, -0.25) is 0 Å². The van der Waals surface area contributed by atoms with Crippen LogP contribution in [0.1, 0.15) is 51.1 Å². The van der Waals surface area contributed by atoms with E-state index in [1.54, 1.807) is 13.8 Å². The van der Waals surface area contributed by atoms with Crippen molar-refractivity contribution in [2.45, 2.75) is 57.9 Å². The standard InChI is InChI=1S/C23H22F3N5O2/c1-13(2)32-20-10-8-15(11-17(20)23(24,25)26)22-27-21(29-33-22)14-7-9-19-18(12-14)28-30-31(19)16-5-3-4-6-16/h7-13,16H,3-6H2,1-2H3. The molecule has 0 aliphatic heterocycles. The smallest absolute Gasteiger partial charge is 0.419 e. The van der Waals surface area contributed by atoms with E-state index in [4.69, 9.17) is 9.26 Å². The van der Waals surface area contributed by atoms with Crippen molar-refractivity contribution in [3.63, 3.8) is 0 Å². The average Bonchev–Trinajstić information content (AvgIpc) is 3.52. The largest absolute Gasteiger partial charge is 0.490 e. The molecular formula is C23H22F3N5O2. The number of benzene rings is 2. The van der Waals surface area contributed by atoms with E-state index in [-0.39, 0.29) is 23.0 Å². The van der Waals surface area contributed by atoms with E-state index in [0.29, 0.717) is 17.1 Å². The molecule has 0 saturated heterocycles. The van der Waals surface area contributed by atoms with Gasteiger partial charge in [0.2, 0.25) is 5.82 Å². The molecule has 0 unspecified atom stereocenters. The van der Waals surface area contributed by atoms with Gasteiger partial charge < -0.3 is 9.26 Å². The Balaban J connectivity index is 1.46. The predicted molar refractivity (Wildman–Crippen MR) is 115 cm³/mol. The summed E-state index contributed by atoms with van der Waals surface area (Å²) in [6, 6.07) is 9.64. The molecule has 0 amide bonds. The quantitative estimate of drug-likeness (QED) is 0.362. The summed E-state index contributed by atoms with van der Waals surface area (Å²) in [5.41, 5.74) is 1.56. The molecule has 1 saturated carbocycles. The van der Waals surface area contributed by atoms with Crippen LogP contribution in [0.4, 0.5) is 13.2 Å². The molecule has 2 aromatic heterocycles. The number of ether oxygens (including phenoxy) is 1. The van der Waals surface area contributed by atoms with Crippen LogP contribution in [0.5, 0.6) is 5.75 Å². The second kappa shape index (κ2) is 8.17. The van der Waals surface area contributed by atoms with Crippen molar-refractivity contribution in [2.24, 2.45) is 0 Å². The van der Waals surface area contributed by atoms with Gasteiger partial charge in [0.1, 0.15) is 11.3 Å². The topological polar surface area (TPSA) is 78.9 Å². The molecule has 4 aromatic rings. The molecular weight excluding hydrogens is 435 g/mol. The summed E-state index contributed by atoms with van der Waals surface area (Å²) >= 11 is 0. The maximum Gasteiger partial charge on any atom is 0.419 e. The van der Waals surface area contributed by atoms with Crippen molar-refractivity contribution in [1.82, 2.24) is 25.1 Å². The van der Waals surface area contributed by atoms with E-state index in [0.717, 1.165) is 24.4 Å². The predicted octanol–water partition coefficient (Wildman–Crippen LogP) is 6.07. The Morgan fingerprint density at radius 3 is 2.55 bits per heavy atom. The van der Waals surface area contributed by atoms with Crippen molar-refractivity contribution in [1.29, 1.82) is 0 Å². The number of hydrogen-bond acceptors (Lipinski definition) is 6. The lowest BCUT2D eigenvalue weighted by Crippen LogP contribution is -2.13. The maximum absolute atomic E-state index is 13.6. The van der Waals surface area contributed by atoms with Gasteiger partial charge in [-0.2, -0.15) is 18.2 Å². The van der Waals surface area contributed by atoms with Gasteiger partial charge in [0.05, 0.1) is 23.2 Å². The number of alkyl halides is 3. The molecule has 7 nitrogen and oxygen atoms in total. The molecule has 0 spiro atoms. The van der Waals surface area contributed by atoms with Crippen LogP contribution in [0, 0.1) is 0 Å². The van der Waals surface area contributed by atoms with Gasteiger partial charge in [-0.15, -0.1) is 5.10 Å². The lowest BCUT2D eigenvalue weighted by molar-refractivity contribution is -0.139. The second-order valence-corrected chi connectivity index (χ2v) is 8.47. The van der Waals surface area contributed by atoms with Crippen molar-refractivity contribution in [3.8, 4) is 28.6 Å². The summed E-state index contributed by atoms with van der Waals surface area (Å²) in [5, 5.41) is 12.5. The minimum absolute atomic E-state index is 0.0127. The molecule has 172 valence electrons. The van der Waals surface area contributed by atoms with E-state index in [2.05, 4.69) is 20.5 Å². The molecule has 1 fully saturated rings. The van der Waals surface area contributed by atoms with Crippen LogP contribution < -0.4 is 4.74 Å². The Labute approximate surface area is 187 Å². The first kappa shape index (κ1) is 21.4. The van der Waals surface area contributed by atoms with Crippen LogP contribution in [0.3, 0.4) is 0 Å². The minimum Gasteiger partial charge on any atom is -0.490 e. The van der Waals surface area contributed by atoms with Crippen molar-refractivity contribution in [2.75, 3.05) is 0 Å². The van der Waals surface area contributed by atoms with Gasteiger partial charge in [0.25, 0.3) is 5.89 Å². The van der Waals surface area contributed by atoms with Crippen molar-refractivity contribution in [3.05, 3.63) is 42.0 Å². The molecule has 1 aliphatic rings. The summed E-state index contributed by atoms with van der Waals surface area (Å²) in [6.07, 6.45) is -0.412. The molecule has 33 heavy (non-hydrogen) atoms.